The minimum atomic E-state index is -0.930. The molecule has 102 valence electrons. The third-order valence-corrected chi connectivity index (χ3v) is 3.56. The number of amides is 1. The number of carboxylic acids is 1. The molecule has 1 aromatic carbocycles. The van der Waals surface area contributed by atoms with Crippen LogP contribution in [0, 0.1) is 5.92 Å². The van der Waals surface area contributed by atoms with Crippen LogP contribution in [0.4, 0.5) is 5.69 Å². The summed E-state index contributed by atoms with van der Waals surface area (Å²) in [5.74, 6) is -0.830. The first-order valence-corrected chi connectivity index (χ1v) is 6.27. The summed E-state index contributed by atoms with van der Waals surface area (Å²) in [5, 5.41) is 15.0. The Morgan fingerprint density at radius 3 is 2.26 bits per heavy atom. The summed E-state index contributed by atoms with van der Waals surface area (Å²) >= 11 is 0. The number of carbonyl (C=O) groups is 2. The average molecular weight is 262 g/mol. The van der Waals surface area contributed by atoms with Crippen molar-refractivity contribution in [1.29, 1.82) is 0 Å². The molecule has 1 saturated heterocycles. The summed E-state index contributed by atoms with van der Waals surface area (Å²) in [7, 11) is 0. The maximum Gasteiger partial charge on any atom is 0.313 e. The lowest BCUT2D eigenvalue weighted by Gasteiger charge is -2.26. The molecule has 0 aromatic heterocycles. The van der Waals surface area contributed by atoms with Gasteiger partial charge in [0.1, 0.15) is 0 Å². The molecule has 1 aromatic rings. The van der Waals surface area contributed by atoms with E-state index in [4.69, 9.17) is 5.11 Å². The van der Waals surface area contributed by atoms with Crippen LogP contribution in [0.25, 0.3) is 0 Å². The number of hydrogen-bond donors (Lipinski definition) is 3. The van der Waals surface area contributed by atoms with Crippen molar-refractivity contribution in [3.63, 3.8) is 0 Å². The van der Waals surface area contributed by atoms with Gasteiger partial charge in [0.15, 0.2) is 0 Å². The average Bonchev–Trinajstić information content (AvgIpc) is 2.27. The van der Waals surface area contributed by atoms with Gasteiger partial charge in [-0.15, -0.1) is 0 Å². The Balaban J connectivity index is 2.06. The van der Waals surface area contributed by atoms with Gasteiger partial charge in [0.05, 0.1) is 11.3 Å². The minimum Gasteiger partial charge on any atom is -0.481 e. The fourth-order valence-electron chi connectivity index (χ4n) is 1.81. The predicted octanol–water partition coefficient (Wildman–Crippen LogP) is 1.21. The molecule has 19 heavy (non-hydrogen) atoms. The van der Waals surface area contributed by atoms with Gasteiger partial charge in [0.25, 0.3) is 0 Å². The van der Waals surface area contributed by atoms with Crippen molar-refractivity contribution in [3.8, 4) is 0 Å². The van der Waals surface area contributed by atoms with Crippen molar-refractivity contribution in [2.75, 3.05) is 18.4 Å². The summed E-state index contributed by atoms with van der Waals surface area (Å²) < 4.78 is 0. The van der Waals surface area contributed by atoms with E-state index in [-0.39, 0.29) is 11.8 Å². The van der Waals surface area contributed by atoms with E-state index in [9.17, 15) is 9.59 Å². The van der Waals surface area contributed by atoms with E-state index in [0.717, 1.165) is 13.1 Å². The quantitative estimate of drug-likeness (QED) is 0.762. The molecule has 1 aliphatic heterocycles. The van der Waals surface area contributed by atoms with Crippen molar-refractivity contribution in [2.45, 2.75) is 19.3 Å². The molecule has 1 aliphatic rings. The number of aliphatic carboxylic acids is 1. The molecule has 0 atom stereocenters. The molecular weight excluding hydrogens is 244 g/mol. The highest BCUT2D eigenvalue weighted by Gasteiger charge is 2.29. The van der Waals surface area contributed by atoms with E-state index < -0.39 is 11.4 Å². The Bertz CT molecular complexity index is 490. The van der Waals surface area contributed by atoms with Crippen molar-refractivity contribution in [2.24, 2.45) is 5.92 Å². The highest BCUT2D eigenvalue weighted by atomic mass is 16.4. The molecule has 0 radical (unpaired) electrons. The molecule has 0 bridgehead atoms. The lowest BCUT2D eigenvalue weighted by Crippen LogP contribution is -2.48. The van der Waals surface area contributed by atoms with Crippen molar-refractivity contribution < 1.29 is 14.7 Å². The van der Waals surface area contributed by atoms with Gasteiger partial charge in [-0.05, 0) is 31.5 Å². The smallest absolute Gasteiger partial charge is 0.313 e. The zero-order chi connectivity index (χ0) is 14.0. The zero-order valence-corrected chi connectivity index (χ0v) is 11.1. The fourth-order valence-corrected chi connectivity index (χ4v) is 1.81. The van der Waals surface area contributed by atoms with Gasteiger partial charge in [-0.25, -0.2) is 0 Å². The van der Waals surface area contributed by atoms with Gasteiger partial charge in [0.2, 0.25) is 5.91 Å². The third-order valence-electron chi connectivity index (χ3n) is 3.56. The molecule has 2 rings (SSSR count). The van der Waals surface area contributed by atoms with Crippen molar-refractivity contribution in [1.82, 2.24) is 5.32 Å². The Morgan fingerprint density at radius 2 is 1.84 bits per heavy atom. The van der Waals surface area contributed by atoms with E-state index in [1.807, 2.05) is 0 Å². The summed E-state index contributed by atoms with van der Waals surface area (Å²) in [6, 6.07) is 6.96. The standard InChI is InChI=1S/C14H18N2O3/c1-14(2,13(18)19)10-3-5-11(6-4-10)16-12(17)9-7-15-8-9/h3-6,9,15H,7-8H2,1-2H3,(H,16,17)(H,18,19). The van der Waals surface area contributed by atoms with Crippen LogP contribution in [0.5, 0.6) is 0 Å². The van der Waals surface area contributed by atoms with E-state index in [1.165, 1.54) is 0 Å². The predicted molar refractivity (Wildman–Crippen MR) is 72.1 cm³/mol. The lowest BCUT2D eigenvalue weighted by atomic mass is 9.85. The van der Waals surface area contributed by atoms with Crippen LogP contribution in [0.3, 0.4) is 0 Å². The van der Waals surface area contributed by atoms with Gasteiger partial charge < -0.3 is 15.7 Å². The van der Waals surface area contributed by atoms with Gasteiger partial charge in [0, 0.05) is 18.8 Å². The van der Waals surface area contributed by atoms with Crippen LogP contribution < -0.4 is 10.6 Å². The van der Waals surface area contributed by atoms with Gasteiger partial charge in [-0.3, -0.25) is 9.59 Å². The monoisotopic (exact) mass is 262 g/mol. The Hall–Kier alpha value is -1.88. The molecule has 0 aliphatic carbocycles. The lowest BCUT2D eigenvalue weighted by molar-refractivity contribution is -0.142. The fraction of sp³-hybridized carbons (Fsp3) is 0.429. The summed E-state index contributed by atoms with van der Waals surface area (Å²) in [4.78, 5) is 22.9. The number of nitrogens with one attached hydrogen (secondary N) is 2. The topological polar surface area (TPSA) is 78.4 Å². The Morgan fingerprint density at radius 1 is 1.26 bits per heavy atom. The van der Waals surface area contributed by atoms with Crippen LogP contribution >= 0.6 is 0 Å². The molecule has 1 heterocycles. The Kier molecular flexibility index (Phi) is 3.57. The first kappa shape index (κ1) is 13.5. The minimum absolute atomic E-state index is 0.00370. The molecular formula is C14H18N2O3. The Labute approximate surface area is 112 Å². The zero-order valence-electron chi connectivity index (χ0n) is 11.1. The second-order valence-electron chi connectivity index (χ2n) is 5.35. The van der Waals surface area contributed by atoms with E-state index in [1.54, 1.807) is 38.1 Å². The molecule has 1 amide bonds. The third kappa shape index (κ3) is 2.76. The molecule has 5 nitrogen and oxygen atoms in total. The number of benzene rings is 1. The highest BCUT2D eigenvalue weighted by molar-refractivity contribution is 5.93. The summed E-state index contributed by atoms with van der Waals surface area (Å²) in [6.45, 7) is 4.75. The van der Waals surface area contributed by atoms with Crippen molar-refractivity contribution in [3.05, 3.63) is 29.8 Å². The number of anilines is 1. The number of carbonyl (C=O) groups excluding carboxylic acids is 1. The maximum atomic E-state index is 11.7. The van der Waals surface area contributed by atoms with Gasteiger partial charge in [-0.1, -0.05) is 12.1 Å². The van der Waals surface area contributed by atoms with Crippen LogP contribution in [0.15, 0.2) is 24.3 Å². The first-order valence-electron chi connectivity index (χ1n) is 6.27. The van der Waals surface area contributed by atoms with Crippen molar-refractivity contribution >= 4 is 17.6 Å². The van der Waals surface area contributed by atoms with E-state index in [2.05, 4.69) is 10.6 Å². The van der Waals surface area contributed by atoms with E-state index >= 15 is 0 Å². The molecule has 0 spiro atoms. The summed E-state index contributed by atoms with van der Waals surface area (Å²) in [6.07, 6.45) is 0. The van der Waals surface area contributed by atoms with Crippen LogP contribution in [0.1, 0.15) is 19.4 Å². The summed E-state index contributed by atoms with van der Waals surface area (Å²) in [5.41, 5.74) is 0.477. The van der Waals surface area contributed by atoms with E-state index in [0.29, 0.717) is 11.3 Å². The molecule has 1 fully saturated rings. The second kappa shape index (κ2) is 5.01. The molecule has 0 unspecified atom stereocenters. The first-order chi connectivity index (χ1) is 8.91. The number of carboxylic acid groups (broad SMARTS) is 1. The maximum absolute atomic E-state index is 11.7. The number of hydrogen-bond acceptors (Lipinski definition) is 3. The number of rotatable bonds is 4. The highest BCUT2D eigenvalue weighted by Crippen LogP contribution is 2.25. The normalized spacial score (nSPS) is 15.7. The van der Waals surface area contributed by atoms with Gasteiger partial charge >= 0.3 is 5.97 Å². The largest absolute Gasteiger partial charge is 0.481 e. The van der Waals surface area contributed by atoms with Crippen LogP contribution in [-0.4, -0.2) is 30.1 Å². The molecule has 3 N–H and O–H groups in total. The SMILES string of the molecule is CC(C)(C(=O)O)c1ccc(NC(=O)C2CNC2)cc1. The second-order valence-corrected chi connectivity index (χ2v) is 5.35. The van der Waals surface area contributed by atoms with Gasteiger partial charge in [-0.2, -0.15) is 0 Å². The molecule has 0 saturated carbocycles. The molecule has 5 heteroatoms. The van der Waals surface area contributed by atoms with Crippen LogP contribution in [-0.2, 0) is 15.0 Å². The van der Waals surface area contributed by atoms with Crippen LogP contribution in [0.2, 0.25) is 0 Å².